The first-order chi connectivity index (χ1) is 7.08. The lowest BCUT2D eigenvalue weighted by Gasteiger charge is -2.02. The number of aromatic amines is 1. The summed E-state index contributed by atoms with van der Waals surface area (Å²) in [6, 6.07) is 0. The standard InChI is InChI=1S/C9H11N5O/c1-4(2)6-11-7-8(14-13-6)12-9(15)5(3)10-7/h4H,1-3H3,(H,12,14,15). The molecule has 0 aliphatic heterocycles. The van der Waals surface area contributed by atoms with E-state index in [1.807, 2.05) is 13.8 Å². The monoisotopic (exact) mass is 205 g/mol. The summed E-state index contributed by atoms with van der Waals surface area (Å²) in [6.07, 6.45) is 0. The smallest absolute Gasteiger partial charge is 0.271 e. The number of nitrogens with one attached hydrogen (secondary N) is 1. The topological polar surface area (TPSA) is 84.4 Å². The Morgan fingerprint density at radius 2 is 1.93 bits per heavy atom. The molecular weight excluding hydrogens is 194 g/mol. The van der Waals surface area contributed by atoms with Gasteiger partial charge in [-0.2, -0.15) is 0 Å². The van der Waals surface area contributed by atoms with Crippen molar-refractivity contribution in [3.63, 3.8) is 0 Å². The molecule has 2 aromatic heterocycles. The largest absolute Gasteiger partial charge is 0.301 e. The Morgan fingerprint density at radius 3 is 2.60 bits per heavy atom. The molecule has 0 bridgehead atoms. The first-order valence-corrected chi connectivity index (χ1v) is 4.69. The van der Waals surface area contributed by atoms with E-state index >= 15 is 0 Å². The van der Waals surface area contributed by atoms with E-state index in [0.29, 0.717) is 22.8 Å². The molecule has 0 unspecified atom stereocenters. The maximum Gasteiger partial charge on any atom is 0.271 e. The van der Waals surface area contributed by atoms with E-state index < -0.39 is 0 Å². The molecule has 0 saturated heterocycles. The number of nitrogens with zero attached hydrogens (tertiary/aromatic N) is 4. The van der Waals surface area contributed by atoms with Gasteiger partial charge in [0.15, 0.2) is 11.5 Å². The van der Waals surface area contributed by atoms with Gasteiger partial charge in [0.1, 0.15) is 5.69 Å². The number of aryl methyl sites for hydroxylation is 1. The number of hydrogen-bond donors (Lipinski definition) is 1. The van der Waals surface area contributed by atoms with Crippen LogP contribution in [0.15, 0.2) is 4.79 Å². The molecule has 2 heterocycles. The second-order valence-corrected chi connectivity index (χ2v) is 3.65. The van der Waals surface area contributed by atoms with E-state index in [-0.39, 0.29) is 11.5 Å². The summed E-state index contributed by atoms with van der Waals surface area (Å²) in [4.78, 5) is 22.1. The molecule has 0 radical (unpaired) electrons. The van der Waals surface area contributed by atoms with E-state index in [4.69, 9.17) is 0 Å². The molecule has 1 N–H and O–H groups in total. The SMILES string of the molecule is Cc1nc2nc(C(C)C)nnc2[nH]c1=O. The van der Waals surface area contributed by atoms with Gasteiger partial charge >= 0.3 is 0 Å². The van der Waals surface area contributed by atoms with E-state index in [9.17, 15) is 4.79 Å². The molecule has 0 fully saturated rings. The minimum Gasteiger partial charge on any atom is -0.301 e. The highest BCUT2D eigenvalue weighted by atomic mass is 16.1. The second-order valence-electron chi connectivity index (χ2n) is 3.65. The highest BCUT2D eigenvalue weighted by Crippen LogP contribution is 2.08. The van der Waals surface area contributed by atoms with Crippen LogP contribution >= 0.6 is 0 Å². The molecule has 0 aliphatic carbocycles. The molecule has 78 valence electrons. The van der Waals surface area contributed by atoms with Crippen LogP contribution in [0.4, 0.5) is 0 Å². The number of fused-ring (bicyclic) bond motifs is 1. The van der Waals surface area contributed by atoms with Crippen molar-refractivity contribution in [2.24, 2.45) is 0 Å². The zero-order valence-corrected chi connectivity index (χ0v) is 8.77. The minimum atomic E-state index is -0.254. The molecule has 6 nitrogen and oxygen atoms in total. The molecule has 6 heteroatoms. The Balaban J connectivity index is 2.72. The van der Waals surface area contributed by atoms with E-state index in [2.05, 4.69) is 25.1 Å². The molecule has 0 amide bonds. The van der Waals surface area contributed by atoms with Gasteiger partial charge in [-0.15, -0.1) is 10.2 Å². The Bertz CT molecular complexity index is 560. The van der Waals surface area contributed by atoms with Crippen molar-refractivity contribution in [3.05, 3.63) is 21.9 Å². The molecule has 0 aliphatic rings. The van der Waals surface area contributed by atoms with Crippen LogP contribution in [0.2, 0.25) is 0 Å². The lowest BCUT2D eigenvalue weighted by molar-refractivity contribution is 0.744. The van der Waals surface area contributed by atoms with Crippen LogP contribution in [0, 0.1) is 6.92 Å². The maximum absolute atomic E-state index is 11.2. The van der Waals surface area contributed by atoms with Crippen LogP contribution in [-0.4, -0.2) is 25.1 Å². The van der Waals surface area contributed by atoms with Gasteiger partial charge in [0.05, 0.1) is 0 Å². The summed E-state index contributed by atoms with van der Waals surface area (Å²) >= 11 is 0. The summed E-state index contributed by atoms with van der Waals surface area (Å²) in [5.74, 6) is 0.817. The van der Waals surface area contributed by atoms with Crippen molar-refractivity contribution in [1.82, 2.24) is 25.1 Å². The molecule has 0 aromatic carbocycles. The van der Waals surface area contributed by atoms with Crippen molar-refractivity contribution >= 4 is 11.3 Å². The van der Waals surface area contributed by atoms with Gasteiger partial charge in [-0.05, 0) is 6.92 Å². The summed E-state index contributed by atoms with van der Waals surface area (Å²) in [5.41, 5.74) is 0.898. The Kier molecular flexibility index (Phi) is 2.18. The predicted octanol–water partition coefficient (Wildman–Crippen LogP) is 0.540. The second kappa shape index (κ2) is 3.38. The first-order valence-electron chi connectivity index (χ1n) is 4.69. The highest BCUT2D eigenvalue weighted by molar-refractivity contribution is 5.62. The fourth-order valence-electron chi connectivity index (χ4n) is 1.14. The molecule has 0 saturated carbocycles. The Hall–Kier alpha value is -1.85. The fraction of sp³-hybridized carbons (Fsp3) is 0.444. The average Bonchev–Trinajstić information content (AvgIpc) is 2.19. The quantitative estimate of drug-likeness (QED) is 0.734. The average molecular weight is 205 g/mol. The zero-order valence-electron chi connectivity index (χ0n) is 8.77. The first kappa shape index (κ1) is 9.70. The van der Waals surface area contributed by atoms with Gasteiger partial charge in [0, 0.05) is 5.92 Å². The minimum absolute atomic E-state index is 0.191. The van der Waals surface area contributed by atoms with Crippen LogP contribution in [0.25, 0.3) is 11.3 Å². The third-order valence-corrected chi connectivity index (χ3v) is 2.04. The summed E-state index contributed by atoms with van der Waals surface area (Å²) in [6.45, 7) is 5.58. The van der Waals surface area contributed by atoms with Crippen molar-refractivity contribution in [1.29, 1.82) is 0 Å². The summed E-state index contributed by atoms with van der Waals surface area (Å²) in [7, 11) is 0. The van der Waals surface area contributed by atoms with Gasteiger partial charge in [-0.3, -0.25) is 4.79 Å². The highest BCUT2D eigenvalue weighted by Gasteiger charge is 2.08. The third kappa shape index (κ3) is 1.70. The van der Waals surface area contributed by atoms with Crippen LogP contribution in [0.1, 0.15) is 31.3 Å². The molecule has 0 atom stereocenters. The number of rotatable bonds is 1. The van der Waals surface area contributed by atoms with Crippen LogP contribution in [-0.2, 0) is 0 Å². The lowest BCUT2D eigenvalue weighted by Crippen LogP contribution is -2.14. The van der Waals surface area contributed by atoms with Gasteiger partial charge in [0.2, 0.25) is 5.65 Å². The van der Waals surface area contributed by atoms with Crippen molar-refractivity contribution in [3.8, 4) is 0 Å². The van der Waals surface area contributed by atoms with Gasteiger partial charge in [-0.1, -0.05) is 13.8 Å². The Morgan fingerprint density at radius 1 is 1.20 bits per heavy atom. The van der Waals surface area contributed by atoms with Crippen LogP contribution in [0.5, 0.6) is 0 Å². The van der Waals surface area contributed by atoms with Crippen molar-refractivity contribution in [2.75, 3.05) is 0 Å². The molecule has 2 rings (SSSR count). The van der Waals surface area contributed by atoms with Gasteiger partial charge in [0.25, 0.3) is 5.56 Å². The third-order valence-electron chi connectivity index (χ3n) is 2.04. The predicted molar refractivity (Wildman–Crippen MR) is 54.6 cm³/mol. The van der Waals surface area contributed by atoms with E-state index in [0.717, 1.165) is 0 Å². The lowest BCUT2D eigenvalue weighted by atomic mass is 10.2. The molecule has 15 heavy (non-hydrogen) atoms. The van der Waals surface area contributed by atoms with Crippen molar-refractivity contribution in [2.45, 2.75) is 26.7 Å². The number of aromatic nitrogens is 5. The summed E-state index contributed by atoms with van der Waals surface area (Å²) in [5, 5.41) is 7.78. The maximum atomic E-state index is 11.2. The summed E-state index contributed by atoms with van der Waals surface area (Å²) < 4.78 is 0. The zero-order chi connectivity index (χ0) is 11.0. The molecule has 2 aromatic rings. The Labute approximate surface area is 85.8 Å². The normalized spacial score (nSPS) is 11.2. The number of H-pyrrole nitrogens is 1. The molecular formula is C9H11N5O. The van der Waals surface area contributed by atoms with Crippen LogP contribution in [0.3, 0.4) is 0 Å². The molecule has 0 spiro atoms. The van der Waals surface area contributed by atoms with Crippen molar-refractivity contribution < 1.29 is 0 Å². The number of hydrogen-bond acceptors (Lipinski definition) is 5. The van der Waals surface area contributed by atoms with Gasteiger partial charge in [-0.25, -0.2) is 9.97 Å². The van der Waals surface area contributed by atoms with E-state index in [1.54, 1.807) is 6.92 Å². The van der Waals surface area contributed by atoms with Crippen LogP contribution < -0.4 is 5.56 Å². The van der Waals surface area contributed by atoms with Gasteiger partial charge < -0.3 is 4.98 Å². The van der Waals surface area contributed by atoms with E-state index in [1.165, 1.54) is 0 Å². The fourth-order valence-corrected chi connectivity index (χ4v) is 1.14.